The van der Waals surface area contributed by atoms with Crippen LogP contribution in [-0.2, 0) is 0 Å². The molecule has 1 aromatic rings. The molecule has 1 unspecified atom stereocenters. The highest BCUT2D eigenvalue weighted by Crippen LogP contribution is 2.13. The molecule has 1 aromatic carbocycles. The van der Waals surface area contributed by atoms with Crippen LogP contribution in [0.25, 0.3) is 0 Å². The van der Waals surface area contributed by atoms with Crippen molar-refractivity contribution in [2.75, 3.05) is 13.6 Å². The van der Waals surface area contributed by atoms with E-state index in [2.05, 4.69) is 0 Å². The zero-order chi connectivity index (χ0) is 13.0. The molecule has 17 heavy (non-hydrogen) atoms. The molecule has 0 aliphatic rings. The van der Waals surface area contributed by atoms with Crippen molar-refractivity contribution in [2.24, 2.45) is 5.73 Å². The van der Waals surface area contributed by atoms with Crippen molar-refractivity contribution in [3.63, 3.8) is 0 Å². The molecule has 0 saturated heterocycles. The average Bonchev–Trinajstić information content (AvgIpc) is 2.27. The summed E-state index contributed by atoms with van der Waals surface area (Å²) < 4.78 is 26.1. The lowest BCUT2D eigenvalue weighted by molar-refractivity contribution is 0.0734. The molecule has 0 aromatic heterocycles. The van der Waals surface area contributed by atoms with E-state index in [1.165, 1.54) is 4.90 Å². The molecule has 0 heterocycles. The van der Waals surface area contributed by atoms with E-state index in [0.29, 0.717) is 19.0 Å². The standard InChI is InChI=1S/C12H16F2N2O/c1-8(5-6-15)16(2)12(17)10-4-3-9(13)7-11(10)14/h3-4,7-8H,5-6,15H2,1-2H3. The topological polar surface area (TPSA) is 46.3 Å². The molecular weight excluding hydrogens is 226 g/mol. The first-order chi connectivity index (χ1) is 7.97. The second kappa shape index (κ2) is 5.72. The Balaban J connectivity index is 2.88. The fourth-order valence-corrected chi connectivity index (χ4v) is 1.49. The van der Waals surface area contributed by atoms with Gasteiger partial charge in [-0.05, 0) is 32.0 Å². The first-order valence-electron chi connectivity index (χ1n) is 5.39. The van der Waals surface area contributed by atoms with Crippen molar-refractivity contribution in [2.45, 2.75) is 19.4 Å². The van der Waals surface area contributed by atoms with Crippen LogP contribution in [0.15, 0.2) is 18.2 Å². The number of nitrogens with zero attached hydrogens (tertiary/aromatic N) is 1. The monoisotopic (exact) mass is 242 g/mol. The third kappa shape index (κ3) is 3.23. The molecule has 0 radical (unpaired) electrons. The smallest absolute Gasteiger partial charge is 0.256 e. The number of carbonyl (C=O) groups excluding carboxylic acids is 1. The Hall–Kier alpha value is -1.49. The van der Waals surface area contributed by atoms with Gasteiger partial charge in [-0.3, -0.25) is 4.79 Å². The van der Waals surface area contributed by atoms with Crippen LogP contribution in [0.3, 0.4) is 0 Å². The summed E-state index contributed by atoms with van der Waals surface area (Å²) in [4.78, 5) is 13.3. The van der Waals surface area contributed by atoms with Gasteiger partial charge in [0.2, 0.25) is 0 Å². The normalized spacial score (nSPS) is 12.3. The SMILES string of the molecule is CC(CCN)N(C)C(=O)c1ccc(F)cc1F. The number of amides is 1. The molecular formula is C12H16F2N2O. The van der Waals surface area contributed by atoms with E-state index in [0.717, 1.165) is 12.1 Å². The van der Waals surface area contributed by atoms with Gasteiger partial charge >= 0.3 is 0 Å². The number of benzene rings is 1. The lowest BCUT2D eigenvalue weighted by Gasteiger charge is -2.24. The van der Waals surface area contributed by atoms with Gasteiger partial charge < -0.3 is 10.6 Å². The quantitative estimate of drug-likeness (QED) is 0.874. The van der Waals surface area contributed by atoms with E-state index in [1.54, 1.807) is 7.05 Å². The van der Waals surface area contributed by atoms with E-state index in [-0.39, 0.29) is 11.6 Å². The Kier molecular flexibility index (Phi) is 4.57. The summed E-state index contributed by atoms with van der Waals surface area (Å²) in [6.07, 6.45) is 0.630. The largest absolute Gasteiger partial charge is 0.339 e. The molecule has 3 nitrogen and oxygen atoms in total. The summed E-state index contributed by atoms with van der Waals surface area (Å²) >= 11 is 0. The molecule has 0 aliphatic heterocycles. The Morgan fingerprint density at radius 2 is 2.12 bits per heavy atom. The molecule has 5 heteroatoms. The van der Waals surface area contributed by atoms with Crippen LogP contribution in [0.5, 0.6) is 0 Å². The van der Waals surface area contributed by atoms with Crippen LogP contribution in [0.4, 0.5) is 8.78 Å². The molecule has 0 bridgehead atoms. The number of rotatable bonds is 4. The zero-order valence-electron chi connectivity index (χ0n) is 9.91. The van der Waals surface area contributed by atoms with Gasteiger partial charge in [0.15, 0.2) is 0 Å². The van der Waals surface area contributed by atoms with Gasteiger partial charge in [0.1, 0.15) is 11.6 Å². The van der Waals surface area contributed by atoms with E-state index in [9.17, 15) is 13.6 Å². The van der Waals surface area contributed by atoms with Crippen molar-refractivity contribution < 1.29 is 13.6 Å². The second-order valence-electron chi connectivity index (χ2n) is 3.97. The summed E-state index contributed by atoms with van der Waals surface area (Å²) in [5, 5.41) is 0. The maximum Gasteiger partial charge on any atom is 0.256 e. The van der Waals surface area contributed by atoms with E-state index >= 15 is 0 Å². The van der Waals surface area contributed by atoms with Crippen molar-refractivity contribution in [1.82, 2.24) is 4.90 Å². The molecule has 0 saturated carbocycles. The lowest BCUT2D eigenvalue weighted by Crippen LogP contribution is -2.36. The average molecular weight is 242 g/mol. The fourth-order valence-electron chi connectivity index (χ4n) is 1.49. The number of hydrogen-bond acceptors (Lipinski definition) is 2. The highest BCUT2D eigenvalue weighted by molar-refractivity contribution is 5.94. The summed E-state index contributed by atoms with van der Waals surface area (Å²) in [6, 6.07) is 2.84. The summed E-state index contributed by atoms with van der Waals surface area (Å²) in [6.45, 7) is 2.27. The van der Waals surface area contributed by atoms with Crippen LogP contribution in [0, 0.1) is 11.6 Å². The Morgan fingerprint density at radius 1 is 1.47 bits per heavy atom. The summed E-state index contributed by atoms with van der Waals surface area (Å²) in [5.41, 5.74) is 5.27. The zero-order valence-corrected chi connectivity index (χ0v) is 9.91. The van der Waals surface area contributed by atoms with Gasteiger partial charge in [-0.1, -0.05) is 0 Å². The summed E-state index contributed by atoms with van der Waals surface area (Å²) in [7, 11) is 1.57. The highest BCUT2D eigenvalue weighted by Gasteiger charge is 2.20. The van der Waals surface area contributed by atoms with Crippen molar-refractivity contribution in [3.8, 4) is 0 Å². The minimum absolute atomic E-state index is 0.0862. The lowest BCUT2D eigenvalue weighted by atomic mass is 10.1. The van der Waals surface area contributed by atoms with E-state index in [1.807, 2.05) is 6.92 Å². The third-order valence-corrected chi connectivity index (χ3v) is 2.73. The molecule has 0 fully saturated rings. The van der Waals surface area contributed by atoms with Crippen LogP contribution in [-0.4, -0.2) is 30.4 Å². The van der Waals surface area contributed by atoms with Crippen LogP contribution in [0.1, 0.15) is 23.7 Å². The predicted octanol–water partition coefficient (Wildman–Crippen LogP) is 1.77. The summed E-state index contributed by atoms with van der Waals surface area (Å²) in [5.74, 6) is -2.01. The maximum absolute atomic E-state index is 13.4. The second-order valence-corrected chi connectivity index (χ2v) is 3.97. The van der Waals surface area contributed by atoms with Gasteiger partial charge in [-0.15, -0.1) is 0 Å². The Labute approximate surface area is 99.2 Å². The molecule has 94 valence electrons. The Morgan fingerprint density at radius 3 is 2.65 bits per heavy atom. The maximum atomic E-state index is 13.4. The number of hydrogen-bond donors (Lipinski definition) is 1. The third-order valence-electron chi connectivity index (χ3n) is 2.73. The highest BCUT2D eigenvalue weighted by atomic mass is 19.1. The number of halogens is 2. The number of carbonyl (C=O) groups is 1. The minimum atomic E-state index is -0.846. The van der Waals surface area contributed by atoms with Gasteiger partial charge in [-0.2, -0.15) is 0 Å². The molecule has 0 aliphatic carbocycles. The predicted molar refractivity (Wildman–Crippen MR) is 61.6 cm³/mol. The van der Waals surface area contributed by atoms with Gasteiger partial charge in [0, 0.05) is 19.2 Å². The van der Waals surface area contributed by atoms with E-state index in [4.69, 9.17) is 5.73 Å². The van der Waals surface area contributed by atoms with Crippen molar-refractivity contribution in [3.05, 3.63) is 35.4 Å². The first-order valence-corrected chi connectivity index (χ1v) is 5.39. The Bertz CT molecular complexity index is 409. The van der Waals surface area contributed by atoms with Gasteiger partial charge in [0.05, 0.1) is 5.56 Å². The van der Waals surface area contributed by atoms with Gasteiger partial charge in [0.25, 0.3) is 5.91 Å². The van der Waals surface area contributed by atoms with Crippen LogP contribution in [0.2, 0.25) is 0 Å². The molecule has 1 atom stereocenters. The molecule has 1 rings (SSSR count). The minimum Gasteiger partial charge on any atom is -0.339 e. The van der Waals surface area contributed by atoms with Crippen molar-refractivity contribution >= 4 is 5.91 Å². The fraction of sp³-hybridized carbons (Fsp3) is 0.417. The van der Waals surface area contributed by atoms with Gasteiger partial charge in [-0.25, -0.2) is 8.78 Å². The van der Waals surface area contributed by atoms with Crippen LogP contribution < -0.4 is 5.73 Å². The van der Waals surface area contributed by atoms with E-state index < -0.39 is 17.5 Å². The van der Waals surface area contributed by atoms with Crippen LogP contribution >= 0.6 is 0 Å². The molecule has 1 amide bonds. The first kappa shape index (κ1) is 13.6. The number of nitrogens with two attached hydrogens (primary N) is 1. The molecule has 2 N–H and O–H groups in total. The van der Waals surface area contributed by atoms with Crippen molar-refractivity contribution in [1.29, 1.82) is 0 Å². The molecule has 0 spiro atoms.